The molecular formula is C21H27NO6. The van der Waals surface area contributed by atoms with Gasteiger partial charge in [-0.25, -0.2) is 0 Å². The summed E-state index contributed by atoms with van der Waals surface area (Å²) in [5, 5.41) is 21.2. The molecule has 4 unspecified atom stereocenters. The van der Waals surface area contributed by atoms with E-state index in [1.807, 2.05) is 13.1 Å². The third kappa shape index (κ3) is 2.36. The summed E-state index contributed by atoms with van der Waals surface area (Å²) in [6, 6.07) is 1.62. The van der Waals surface area contributed by atoms with Crippen LogP contribution in [0.2, 0.25) is 0 Å². The molecule has 0 aromatic heterocycles. The molecule has 0 saturated carbocycles. The highest BCUT2D eigenvalue weighted by molar-refractivity contribution is 5.96. The fraction of sp³-hybridized carbons (Fsp3) is 0.571. The number of carbonyl (C=O) groups excluding carboxylic acids is 1. The molecule has 1 aromatic rings. The summed E-state index contributed by atoms with van der Waals surface area (Å²) >= 11 is 0. The van der Waals surface area contributed by atoms with Crippen LogP contribution in [0.5, 0.6) is 11.5 Å². The number of rotatable bonds is 4. The quantitative estimate of drug-likeness (QED) is 0.810. The first kappa shape index (κ1) is 19.2. The molecule has 1 saturated heterocycles. The second kappa shape index (κ2) is 6.76. The molecule has 1 aromatic carbocycles. The highest BCUT2D eigenvalue weighted by atomic mass is 16.5. The number of nitrogens with zero attached hydrogens (tertiary/aromatic N) is 1. The molecule has 7 heteroatoms. The van der Waals surface area contributed by atoms with Crippen LogP contribution in [0.25, 0.3) is 0 Å². The number of benzene rings is 1. The van der Waals surface area contributed by atoms with Crippen molar-refractivity contribution in [2.75, 3.05) is 34.9 Å². The Labute approximate surface area is 164 Å². The molecule has 1 heterocycles. The number of likely N-dealkylation sites (N-methyl/N-ethyl adjacent to an activating group) is 1. The third-order valence-electron chi connectivity index (χ3n) is 6.85. The number of hydrogen-bond acceptors (Lipinski definition) is 7. The fourth-order valence-corrected chi connectivity index (χ4v) is 5.63. The van der Waals surface area contributed by atoms with E-state index in [0.717, 1.165) is 12.1 Å². The molecule has 28 heavy (non-hydrogen) atoms. The predicted octanol–water partition coefficient (Wildman–Crippen LogP) is 1.66. The maximum Gasteiger partial charge on any atom is 0.197 e. The van der Waals surface area contributed by atoms with Crippen LogP contribution in [0.15, 0.2) is 17.9 Å². The Bertz CT molecular complexity index is 850. The average Bonchev–Trinajstić information content (AvgIpc) is 2.69. The molecule has 2 bridgehead atoms. The molecule has 0 spiro atoms. The van der Waals surface area contributed by atoms with Crippen molar-refractivity contribution in [3.05, 3.63) is 34.6 Å². The van der Waals surface area contributed by atoms with Crippen molar-refractivity contribution in [2.45, 2.75) is 37.0 Å². The van der Waals surface area contributed by atoms with Crippen LogP contribution < -0.4 is 4.74 Å². The summed E-state index contributed by atoms with van der Waals surface area (Å²) < 4.78 is 16.7. The summed E-state index contributed by atoms with van der Waals surface area (Å²) in [7, 11) is 6.68. The van der Waals surface area contributed by atoms with E-state index in [9.17, 15) is 15.0 Å². The molecule has 0 amide bonds. The lowest BCUT2D eigenvalue weighted by Crippen LogP contribution is -2.62. The lowest BCUT2D eigenvalue weighted by molar-refractivity contribution is -0.125. The number of aliphatic hydroxyl groups excluding tert-OH is 1. The van der Waals surface area contributed by atoms with Crippen LogP contribution in [-0.2, 0) is 26.3 Å². The number of aromatic hydroxyl groups is 1. The van der Waals surface area contributed by atoms with Gasteiger partial charge in [0.1, 0.15) is 0 Å². The smallest absolute Gasteiger partial charge is 0.197 e. The van der Waals surface area contributed by atoms with Crippen LogP contribution >= 0.6 is 0 Å². The lowest BCUT2D eigenvalue weighted by atomic mass is 9.52. The Morgan fingerprint density at radius 3 is 2.64 bits per heavy atom. The van der Waals surface area contributed by atoms with E-state index in [0.29, 0.717) is 29.1 Å². The molecule has 7 nitrogen and oxygen atoms in total. The molecule has 1 aliphatic heterocycles. The maximum absolute atomic E-state index is 12.8. The number of carbonyl (C=O) groups is 1. The number of ketones is 1. The van der Waals surface area contributed by atoms with Crippen molar-refractivity contribution >= 4 is 5.78 Å². The first-order valence-corrected chi connectivity index (χ1v) is 9.49. The number of phenolic OH excluding ortho intramolecular Hbond substituents is 1. The number of methoxy groups -OCH3 is 3. The zero-order valence-corrected chi connectivity index (χ0v) is 16.7. The van der Waals surface area contributed by atoms with Crippen LogP contribution in [0.4, 0.5) is 0 Å². The largest absolute Gasteiger partial charge is 0.504 e. The van der Waals surface area contributed by atoms with E-state index < -0.39 is 5.41 Å². The zero-order valence-electron chi connectivity index (χ0n) is 16.7. The Morgan fingerprint density at radius 2 is 2.04 bits per heavy atom. The summed E-state index contributed by atoms with van der Waals surface area (Å²) in [6.45, 7) is 0.568. The number of hydrogen-bond donors (Lipinski definition) is 2. The monoisotopic (exact) mass is 389 g/mol. The number of ether oxygens (including phenoxy) is 3. The van der Waals surface area contributed by atoms with Crippen LogP contribution in [0.3, 0.4) is 0 Å². The second-order valence-corrected chi connectivity index (χ2v) is 7.93. The van der Waals surface area contributed by atoms with Gasteiger partial charge in [-0.2, -0.15) is 0 Å². The van der Waals surface area contributed by atoms with Gasteiger partial charge in [0, 0.05) is 36.5 Å². The minimum absolute atomic E-state index is 0.0341. The average molecular weight is 389 g/mol. The van der Waals surface area contributed by atoms with Crippen molar-refractivity contribution in [1.82, 2.24) is 4.90 Å². The Morgan fingerprint density at radius 1 is 1.29 bits per heavy atom. The molecule has 2 aliphatic carbocycles. The zero-order chi connectivity index (χ0) is 20.2. The first-order chi connectivity index (χ1) is 13.4. The highest BCUT2D eigenvalue weighted by Gasteiger charge is 2.60. The third-order valence-corrected chi connectivity index (χ3v) is 6.85. The minimum Gasteiger partial charge on any atom is -0.504 e. The van der Waals surface area contributed by atoms with Gasteiger partial charge in [0.15, 0.2) is 23.0 Å². The lowest BCUT2D eigenvalue weighted by Gasteiger charge is -2.58. The number of phenols is 1. The predicted molar refractivity (Wildman–Crippen MR) is 101 cm³/mol. The van der Waals surface area contributed by atoms with E-state index in [-0.39, 0.29) is 42.6 Å². The summed E-state index contributed by atoms with van der Waals surface area (Å²) in [5.41, 5.74) is 1.53. The molecule has 2 N–H and O–H groups in total. The molecule has 152 valence electrons. The van der Waals surface area contributed by atoms with Gasteiger partial charge in [0.25, 0.3) is 0 Å². The normalized spacial score (nSPS) is 31.7. The number of piperidine rings is 1. The first-order valence-electron chi connectivity index (χ1n) is 9.49. The van der Waals surface area contributed by atoms with E-state index in [2.05, 4.69) is 4.90 Å². The standard InChI is InChI=1S/C21H27NO6/c1-22-6-5-21-9-13(24)14(26-2)8-12(21)18(22)20(28-4)16-11(10-23)7-15(27-3)19(25)17(16)21/h7-8,12,18,20,23,25H,5-6,9-10H2,1-4H3. The van der Waals surface area contributed by atoms with E-state index in [1.54, 1.807) is 13.2 Å². The Kier molecular flexibility index (Phi) is 4.64. The van der Waals surface area contributed by atoms with Crippen molar-refractivity contribution in [1.29, 1.82) is 0 Å². The van der Waals surface area contributed by atoms with Gasteiger partial charge in [-0.15, -0.1) is 0 Å². The van der Waals surface area contributed by atoms with Crippen LogP contribution in [0.1, 0.15) is 35.6 Å². The van der Waals surface area contributed by atoms with Crippen LogP contribution in [-0.4, -0.2) is 61.9 Å². The number of aliphatic hydroxyl groups is 1. The van der Waals surface area contributed by atoms with Crippen LogP contribution in [0, 0.1) is 5.92 Å². The minimum atomic E-state index is -0.580. The molecule has 4 rings (SSSR count). The molecule has 1 fully saturated rings. The fourth-order valence-electron chi connectivity index (χ4n) is 5.63. The number of Topliss-reactive ketones (excluding diaryl/α,β-unsaturated/α-hetero) is 1. The van der Waals surface area contributed by atoms with E-state index in [1.165, 1.54) is 14.2 Å². The van der Waals surface area contributed by atoms with Gasteiger partial charge >= 0.3 is 0 Å². The second-order valence-electron chi connectivity index (χ2n) is 7.93. The van der Waals surface area contributed by atoms with Crippen molar-refractivity contribution in [3.8, 4) is 11.5 Å². The summed E-state index contributed by atoms with van der Waals surface area (Å²) in [5.74, 6) is 0.561. The van der Waals surface area contributed by atoms with Gasteiger partial charge in [-0.1, -0.05) is 0 Å². The number of likely N-dealkylation sites (tertiary alicyclic amines) is 1. The Balaban J connectivity index is 2.08. The Hall–Kier alpha value is -2.09. The van der Waals surface area contributed by atoms with Gasteiger partial charge in [0.2, 0.25) is 0 Å². The van der Waals surface area contributed by atoms with Gasteiger partial charge in [-0.05, 0) is 43.3 Å². The van der Waals surface area contributed by atoms with Crippen molar-refractivity contribution in [3.63, 3.8) is 0 Å². The highest BCUT2D eigenvalue weighted by Crippen LogP contribution is 2.61. The summed E-state index contributed by atoms with van der Waals surface area (Å²) in [6.07, 6.45) is 2.49. The molecule has 3 aliphatic rings. The van der Waals surface area contributed by atoms with Gasteiger partial charge < -0.3 is 24.4 Å². The molecule has 0 radical (unpaired) electrons. The summed E-state index contributed by atoms with van der Waals surface area (Å²) in [4.78, 5) is 15.1. The van der Waals surface area contributed by atoms with E-state index in [4.69, 9.17) is 14.2 Å². The molecular weight excluding hydrogens is 362 g/mol. The van der Waals surface area contributed by atoms with Crippen molar-refractivity contribution < 1.29 is 29.2 Å². The van der Waals surface area contributed by atoms with E-state index >= 15 is 0 Å². The van der Waals surface area contributed by atoms with Gasteiger partial charge in [0.05, 0.1) is 26.9 Å². The van der Waals surface area contributed by atoms with Gasteiger partial charge in [-0.3, -0.25) is 9.69 Å². The topological polar surface area (TPSA) is 88.5 Å². The maximum atomic E-state index is 12.8. The molecule has 4 atom stereocenters. The SMILES string of the molecule is COC1=CC2C3C(OC)c4c(CO)cc(OC)c(O)c4C2(CCN3C)CC1=O. The number of fused-ring (bicyclic) bond motifs is 1. The van der Waals surface area contributed by atoms with Crippen molar-refractivity contribution in [2.24, 2.45) is 5.92 Å². The number of allylic oxidation sites excluding steroid dienone is 1.